The molecule has 0 aliphatic carbocycles. The topological polar surface area (TPSA) is 36.9 Å². The third kappa shape index (κ3) is 25.6. The minimum Gasteiger partial charge on any atom is -0.475 e. The number of hydrogen-bond acceptors (Lipinski definition) is 4. The lowest BCUT2D eigenvalue weighted by Crippen LogP contribution is -2.19. The van der Waals surface area contributed by atoms with Gasteiger partial charge < -0.3 is 18.9 Å². The average Bonchev–Trinajstić information content (AvgIpc) is 2.78. The van der Waals surface area contributed by atoms with Gasteiger partial charge in [-0.25, -0.2) is 0 Å². The first-order chi connectivity index (χ1) is 15.3. The summed E-state index contributed by atoms with van der Waals surface area (Å²) in [7, 11) is 0. The number of rotatable bonds is 26. The second-order valence-corrected chi connectivity index (χ2v) is 8.56. The average molecular weight is 443 g/mol. The molecule has 0 atom stereocenters. The summed E-state index contributed by atoms with van der Waals surface area (Å²) in [6.07, 6.45) is 24.4. The van der Waals surface area contributed by atoms with Gasteiger partial charge in [0.25, 0.3) is 0 Å². The van der Waals surface area contributed by atoms with Gasteiger partial charge in [-0.05, 0) is 51.0 Å². The van der Waals surface area contributed by atoms with E-state index in [0.29, 0.717) is 6.79 Å². The number of allylic oxidation sites excluding steroid dienone is 1. The lowest BCUT2D eigenvalue weighted by molar-refractivity contribution is -0.147. The Morgan fingerprint density at radius 2 is 1.13 bits per heavy atom. The molecule has 4 heteroatoms. The zero-order valence-electron chi connectivity index (χ0n) is 21.2. The fraction of sp³-hybridized carbons (Fsp3) is 0.926. The van der Waals surface area contributed by atoms with Crippen LogP contribution in [0.1, 0.15) is 130 Å². The van der Waals surface area contributed by atoms with Crippen molar-refractivity contribution in [2.75, 3.05) is 26.6 Å². The van der Waals surface area contributed by atoms with Gasteiger partial charge in [0.15, 0.2) is 13.1 Å². The Balaban J connectivity index is 3.56. The third-order valence-corrected chi connectivity index (χ3v) is 5.40. The fourth-order valence-electron chi connectivity index (χ4n) is 3.37. The van der Waals surface area contributed by atoms with Crippen molar-refractivity contribution in [3.8, 4) is 0 Å². The molecule has 0 aromatic heterocycles. The van der Waals surface area contributed by atoms with Crippen LogP contribution < -0.4 is 0 Å². The molecule has 31 heavy (non-hydrogen) atoms. The van der Waals surface area contributed by atoms with Crippen molar-refractivity contribution in [3.05, 3.63) is 12.3 Å². The summed E-state index contributed by atoms with van der Waals surface area (Å²) in [6.45, 7) is 9.51. The molecule has 0 unspecified atom stereocenters. The first kappa shape index (κ1) is 30.4. The predicted octanol–water partition coefficient (Wildman–Crippen LogP) is 8.54. The fourth-order valence-corrected chi connectivity index (χ4v) is 3.37. The van der Waals surface area contributed by atoms with E-state index < -0.39 is 0 Å². The van der Waals surface area contributed by atoms with Gasteiger partial charge in [-0.15, -0.1) is 0 Å². The van der Waals surface area contributed by atoms with Gasteiger partial charge in [-0.1, -0.05) is 85.0 Å². The zero-order chi connectivity index (χ0) is 22.7. The maximum absolute atomic E-state index is 5.97. The van der Waals surface area contributed by atoms with Crippen LogP contribution in [0.4, 0.5) is 0 Å². The molecule has 0 aromatic carbocycles. The standard InChI is InChI=1S/C27H54O4/c1-4-7-10-11-12-14-19-22-28-26-29-23-20-15-13-16-21-27(30-24-17-8-5-2)31-25-18-9-6-3/h20,23,27H,4-19,21-22,24-26H2,1-3H3. The Hall–Kier alpha value is -0.580. The molecular weight excluding hydrogens is 388 g/mol. The second kappa shape index (κ2) is 27.5. The highest BCUT2D eigenvalue weighted by Crippen LogP contribution is 2.11. The Labute approximate surface area is 194 Å². The molecular formula is C27H54O4. The Bertz CT molecular complexity index is 334. The predicted molar refractivity (Wildman–Crippen MR) is 132 cm³/mol. The lowest BCUT2D eigenvalue weighted by atomic mass is 10.1. The Morgan fingerprint density at radius 1 is 0.581 bits per heavy atom. The first-order valence-corrected chi connectivity index (χ1v) is 13.4. The van der Waals surface area contributed by atoms with Crippen molar-refractivity contribution in [1.82, 2.24) is 0 Å². The van der Waals surface area contributed by atoms with Crippen LogP contribution in [0.15, 0.2) is 12.3 Å². The van der Waals surface area contributed by atoms with Gasteiger partial charge in [0, 0.05) is 13.2 Å². The molecule has 4 nitrogen and oxygen atoms in total. The van der Waals surface area contributed by atoms with E-state index in [1.54, 1.807) is 6.26 Å². The van der Waals surface area contributed by atoms with E-state index in [2.05, 4.69) is 26.8 Å². The van der Waals surface area contributed by atoms with Crippen molar-refractivity contribution in [1.29, 1.82) is 0 Å². The molecule has 0 N–H and O–H groups in total. The van der Waals surface area contributed by atoms with Crippen molar-refractivity contribution in [3.63, 3.8) is 0 Å². The number of ether oxygens (including phenoxy) is 4. The van der Waals surface area contributed by atoms with Crippen molar-refractivity contribution >= 4 is 0 Å². The molecule has 0 spiro atoms. The van der Waals surface area contributed by atoms with E-state index in [1.807, 2.05) is 0 Å². The summed E-state index contributed by atoms with van der Waals surface area (Å²) in [4.78, 5) is 0. The lowest BCUT2D eigenvalue weighted by Gasteiger charge is -2.18. The summed E-state index contributed by atoms with van der Waals surface area (Å²) in [5.41, 5.74) is 0. The Kier molecular flexibility index (Phi) is 26.9. The highest BCUT2D eigenvalue weighted by atomic mass is 16.7. The molecule has 0 saturated carbocycles. The maximum atomic E-state index is 5.97. The molecule has 0 saturated heterocycles. The van der Waals surface area contributed by atoms with Gasteiger partial charge in [-0.3, -0.25) is 0 Å². The van der Waals surface area contributed by atoms with E-state index in [0.717, 1.165) is 64.8 Å². The quantitative estimate of drug-likeness (QED) is 0.0764. The van der Waals surface area contributed by atoms with Crippen LogP contribution in [-0.4, -0.2) is 32.9 Å². The van der Waals surface area contributed by atoms with Crippen LogP contribution >= 0.6 is 0 Å². The molecule has 0 heterocycles. The van der Waals surface area contributed by atoms with E-state index >= 15 is 0 Å². The summed E-state index contributed by atoms with van der Waals surface area (Å²) in [5, 5.41) is 0. The molecule has 0 bridgehead atoms. The zero-order valence-corrected chi connectivity index (χ0v) is 21.2. The number of unbranched alkanes of at least 4 members (excludes halogenated alkanes) is 12. The van der Waals surface area contributed by atoms with Gasteiger partial charge >= 0.3 is 0 Å². The van der Waals surface area contributed by atoms with Crippen LogP contribution in [0.5, 0.6) is 0 Å². The molecule has 0 aliphatic heterocycles. The van der Waals surface area contributed by atoms with Gasteiger partial charge in [0.1, 0.15) is 0 Å². The van der Waals surface area contributed by atoms with Crippen LogP contribution in [0.25, 0.3) is 0 Å². The van der Waals surface area contributed by atoms with Gasteiger partial charge in [0.2, 0.25) is 0 Å². The summed E-state index contributed by atoms with van der Waals surface area (Å²) in [5.74, 6) is 0. The van der Waals surface area contributed by atoms with Crippen LogP contribution in [-0.2, 0) is 18.9 Å². The SMILES string of the molecule is CCCCCCCCCOCOC=CCCCCC(OCCCCC)OCCCCC. The minimum absolute atomic E-state index is 0.0333. The summed E-state index contributed by atoms with van der Waals surface area (Å²) < 4.78 is 22.9. The molecule has 186 valence electrons. The molecule has 0 aromatic rings. The van der Waals surface area contributed by atoms with Crippen molar-refractivity contribution in [2.45, 2.75) is 136 Å². The largest absolute Gasteiger partial charge is 0.475 e. The van der Waals surface area contributed by atoms with Crippen LogP contribution in [0.3, 0.4) is 0 Å². The summed E-state index contributed by atoms with van der Waals surface area (Å²) in [6, 6.07) is 0. The first-order valence-electron chi connectivity index (χ1n) is 13.4. The monoisotopic (exact) mass is 442 g/mol. The minimum atomic E-state index is -0.0333. The molecule has 0 amide bonds. The van der Waals surface area contributed by atoms with Crippen molar-refractivity contribution < 1.29 is 18.9 Å². The van der Waals surface area contributed by atoms with Gasteiger partial charge in [-0.2, -0.15) is 0 Å². The van der Waals surface area contributed by atoms with E-state index in [1.165, 1.54) is 64.2 Å². The maximum Gasteiger partial charge on any atom is 0.188 e. The molecule has 0 radical (unpaired) electrons. The van der Waals surface area contributed by atoms with E-state index in [4.69, 9.17) is 18.9 Å². The highest BCUT2D eigenvalue weighted by molar-refractivity contribution is 4.72. The summed E-state index contributed by atoms with van der Waals surface area (Å²) >= 11 is 0. The smallest absolute Gasteiger partial charge is 0.188 e. The molecule has 0 fully saturated rings. The third-order valence-electron chi connectivity index (χ3n) is 5.40. The van der Waals surface area contributed by atoms with Crippen LogP contribution in [0, 0.1) is 0 Å². The number of hydrogen-bond donors (Lipinski definition) is 0. The van der Waals surface area contributed by atoms with Crippen molar-refractivity contribution in [2.24, 2.45) is 0 Å². The normalized spacial score (nSPS) is 11.7. The van der Waals surface area contributed by atoms with E-state index in [9.17, 15) is 0 Å². The second-order valence-electron chi connectivity index (χ2n) is 8.56. The highest BCUT2D eigenvalue weighted by Gasteiger charge is 2.08. The Morgan fingerprint density at radius 3 is 1.77 bits per heavy atom. The van der Waals surface area contributed by atoms with Crippen LogP contribution in [0.2, 0.25) is 0 Å². The molecule has 0 aliphatic rings. The van der Waals surface area contributed by atoms with Gasteiger partial charge in [0.05, 0.1) is 12.9 Å². The van der Waals surface area contributed by atoms with E-state index in [-0.39, 0.29) is 6.29 Å². The molecule has 0 rings (SSSR count).